The predicted octanol–water partition coefficient (Wildman–Crippen LogP) is 3.92. The van der Waals surface area contributed by atoms with E-state index in [1.807, 2.05) is 53.8 Å². The van der Waals surface area contributed by atoms with Crippen molar-refractivity contribution >= 4 is 18.0 Å². The average Bonchev–Trinajstić information content (AvgIpc) is 3.61. The lowest BCUT2D eigenvalue weighted by molar-refractivity contribution is -0.155. The van der Waals surface area contributed by atoms with Crippen LogP contribution in [0.15, 0.2) is 48.5 Å². The van der Waals surface area contributed by atoms with Gasteiger partial charge in [-0.3, -0.25) is 4.79 Å². The number of aliphatic carboxylic acids is 1. The quantitative estimate of drug-likeness (QED) is 0.513. The van der Waals surface area contributed by atoms with E-state index in [2.05, 4.69) is 5.32 Å². The summed E-state index contributed by atoms with van der Waals surface area (Å²) in [7, 11) is 0. The number of alkyl carbamates (subject to hydrolysis) is 1. The topological polar surface area (TPSA) is 105 Å². The summed E-state index contributed by atoms with van der Waals surface area (Å²) in [5, 5.41) is 13.1. The molecule has 2 aliphatic carbocycles. The fourth-order valence-electron chi connectivity index (χ4n) is 4.44. The van der Waals surface area contributed by atoms with Crippen molar-refractivity contribution in [2.75, 3.05) is 6.61 Å². The van der Waals surface area contributed by atoms with E-state index in [1.165, 1.54) is 6.92 Å². The summed E-state index contributed by atoms with van der Waals surface area (Å²) < 4.78 is 35.3. The molecule has 0 aromatic heterocycles. The van der Waals surface area contributed by atoms with Crippen LogP contribution in [0.2, 0.25) is 0 Å². The van der Waals surface area contributed by atoms with Crippen molar-refractivity contribution in [1.29, 1.82) is 0 Å². The van der Waals surface area contributed by atoms with Gasteiger partial charge in [0.05, 0.1) is 0 Å². The van der Waals surface area contributed by atoms with Crippen LogP contribution in [0.1, 0.15) is 43.2 Å². The number of fused-ring (bicyclic) bond motifs is 3. The highest BCUT2D eigenvalue weighted by molar-refractivity contribution is 5.89. The van der Waals surface area contributed by atoms with Crippen LogP contribution in [0.3, 0.4) is 0 Å². The molecule has 1 saturated carbocycles. The minimum absolute atomic E-state index is 0.0497. The largest absolute Gasteiger partial charge is 0.480 e. The number of carbonyl (C=O) groups is 3. The molecule has 2 atom stereocenters. The summed E-state index contributed by atoms with van der Waals surface area (Å²) in [5.74, 6) is -7.94. The number of hydrogen-bond acceptors (Lipinski definition) is 4. The molecule has 1 fully saturated rings. The molecule has 0 spiro atoms. The van der Waals surface area contributed by atoms with E-state index in [0.717, 1.165) is 22.3 Å². The minimum atomic E-state index is -3.99. The Morgan fingerprint density at radius 3 is 2.09 bits per heavy atom. The molecule has 2 aromatic rings. The van der Waals surface area contributed by atoms with Gasteiger partial charge in [-0.15, -0.1) is 0 Å². The summed E-state index contributed by atoms with van der Waals surface area (Å²) in [6, 6.07) is 12.3. The van der Waals surface area contributed by atoms with E-state index in [4.69, 9.17) is 9.84 Å². The number of benzene rings is 2. The fraction of sp³-hybridized carbons (Fsp3) is 0.400. The fourth-order valence-corrected chi connectivity index (χ4v) is 4.44. The molecular weight excluding hydrogens is 446 g/mol. The first-order valence-corrected chi connectivity index (χ1v) is 11.3. The zero-order chi connectivity index (χ0) is 24.5. The van der Waals surface area contributed by atoms with E-state index in [0.29, 0.717) is 12.8 Å². The summed E-state index contributed by atoms with van der Waals surface area (Å²) in [4.78, 5) is 35.9. The lowest BCUT2D eigenvalue weighted by Crippen LogP contribution is -2.59. The molecule has 0 bridgehead atoms. The van der Waals surface area contributed by atoms with Gasteiger partial charge in [-0.2, -0.15) is 8.78 Å². The molecule has 0 radical (unpaired) electrons. The molecule has 7 nitrogen and oxygen atoms in total. The highest BCUT2D eigenvalue weighted by Crippen LogP contribution is 2.44. The van der Waals surface area contributed by atoms with Crippen LogP contribution >= 0.6 is 0 Å². The molecule has 2 amide bonds. The number of carboxylic acids is 1. The molecular formula is C25H26F2N2O5. The number of carbonyl (C=O) groups excluding carboxylic acids is 2. The van der Waals surface area contributed by atoms with Crippen molar-refractivity contribution in [3.05, 3.63) is 59.7 Å². The molecule has 4 rings (SSSR count). The second-order valence-corrected chi connectivity index (χ2v) is 8.68. The normalized spacial score (nSPS) is 16.7. The van der Waals surface area contributed by atoms with Gasteiger partial charge in [-0.25, -0.2) is 9.59 Å². The summed E-state index contributed by atoms with van der Waals surface area (Å²) in [6.07, 6.45) is -0.248. The third-order valence-corrected chi connectivity index (χ3v) is 6.42. The maximum absolute atomic E-state index is 15.0. The van der Waals surface area contributed by atoms with Crippen LogP contribution in [-0.2, 0) is 14.3 Å². The number of amides is 2. The summed E-state index contributed by atoms with van der Waals surface area (Å²) in [5.41, 5.74) is 4.05. The molecule has 0 saturated heterocycles. The van der Waals surface area contributed by atoms with Crippen LogP contribution in [0.25, 0.3) is 11.1 Å². The lowest BCUT2D eigenvalue weighted by atomic mass is 9.98. The first-order valence-electron chi connectivity index (χ1n) is 11.3. The third-order valence-electron chi connectivity index (χ3n) is 6.42. The molecule has 2 aliphatic rings. The highest BCUT2D eigenvalue weighted by atomic mass is 19.3. The van der Waals surface area contributed by atoms with Crippen molar-refractivity contribution in [1.82, 2.24) is 10.6 Å². The van der Waals surface area contributed by atoms with Gasteiger partial charge in [0.2, 0.25) is 0 Å². The van der Waals surface area contributed by atoms with Crippen LogP contribution < -0.4 is 10.6 Å². The number of alkyl halides is 2. The number of ether oxygens (including phenoxy) is 1. The zero-order valence-electron chi connectivity index (χ0n) is 18.6. The average molecular weight is 472 g/mol. The van der Waals surface area contributed by atoms with Crippen LogP contribution in [0.5, 0.6) is 0 Å². The summed E-state index contributed by atoms with van der Waals surface area (Å²) in [6.45, 7) is 1.41. The third kappa shape index (κ3) is 4.60. The van der Waals surface area contributed by atoms with Gasteiger partial charge in [0.25, 0.3) is 5.91 Å². The maximum Gasteiger partial charge on any atom is 0.407 e. The van der Waals surface area contributed by atoms with Gasteiger partial charge < -0.3 is 20.5 Å². The van der Waals surface area contributed by atoms with E-state index < -0.39 is 41.9 Å². The Labute approximate surface area is 195 Å². The van der Waals surface area contributed by atoms with E-state index in [1.54, 1.807) is 0 Å². The zero-order valence-corrected chi connectivity index (χ0v) is 18.6. The van der Waals surface area contributed by atoms with E-state index in [9.17, 15) is 23.2 Å². The van der Waals surface area contributed by atoms with Crippen molar-refractivity contribution in [3.63, 3.8) is 0 Å². The van der Waals surface area contributed by atoms with Gasteiger partial charge in [0.1, 0.15) is 18.7 Å². The molecule has 9 heteroatoms. The van der Waals surface area contributed by atoms with Gasteiger partial charge in [0, 0.05) is 5.92 Å². The first-order chi connectivity index (χ1) is 16.2. The molecule has 0 aliphatic heterocycles. The molecule has 0 heterocycles. The second-order valence-electron chi connectivity index (χ2n) is 8.68. The summed E-state index contributed by atoms with van der Waals surface area (Å²) >= 11 is 0. The van der Waals surface area contributed by atoms with Gasteiger partial charge in [0.15, 0.2) is 0 Å². The van der Waals surface area contributed by atoms with Crippen LogP contribution in [0, 0.1) is 5.92 Å². The first kappa shape index (κ1) is 23.7. The SMILES string of the molecule is CC[C@H](NC(=O)C(F)(F)C(NC(=O)OCC1c2ccccc2-c2ccccc21)C1CC1)C(=O)O. The molecule has 180 valence electrons. The lowest BCUT2D eigenvalue weighted by Gasteiger charge is -2.28. The number of hydrogen-bond donors (Lipinski definition) is 3. The van der Waals surface area contributed by atoms with Crippen LogP contribution in [0.4, 0.5) is 13.6 Å². The Hall–Kier alpha value is -3.49. The van der Waals surface area contributed by atoms with E-state index >= 15 is 0 Å². The van der Waals surface area contributed by atoms with Crippen molar-refractivity contribution in [3.8, 4) is 11.1 Å². The number of carboxylic acid groups (broad SMARTS) is 1. The standard InChI is InChI=1S/C25H26F2N2O5/c1-2-20(22(30)31)28-23(32)25(26,27)21(14-11-12-14)29-24(33)34-13-19-17-9-5-3-7-15(17)16-8-4-6-10-18(16)19/h3-10,14,19-21H,2,11-13H2,1H3,(H,28,32)(H,29,33)(H,30,31)/t20-,21?/m0/s1. The number of rotatable bonds is 9. The Balaban J connectivity index is 1.43. The Morgan fingerprint density at radius 1 is 1.03 bits per heavy atom. The molecule has 3 N–H and O–H groups in total. The van der Waals surface area contributed by atoms with Gasteiger partial charge in [-0.1, -0.05) is 55.5 Å². The smallest absolute Gasteiger partial charge is 0.407 e. The Kier molecular flexibility index (Phi) is 6.54. The monoisotopic (exact) mass is 472 g/mol. The van der Waals surface area contributed by atoms with Gasteiger partial charge >= 0.3 is 18.0 Å². The molecule has 1 unspecified atom stereocenters. The highest BCUT2D eigenvalue weighted by Gasteiger charge is 2.55. The molecule has 34 heavy (non-hydrogen) atoms. The minimum Gasteiger partial charge on any atom is -0.480 e. The number of nitrogens with one attached hydrogen (secondary N) is 2. The Morgan fingerprint density at radius 2 is 1.59 bits per heavy atom. The van der Waals surface area contributed by atoms with Crippen LogP contribution in [-0.4, -0.2) is 47.7 Å². The van der Waals surface area contributed by atoms with Crippen molar-refractivity contribution in [2.45, 2.75) is 50.1 Å². The Bertz CT molecular complexity index is 1060. The van der Waals surface area contributed by atoms with Crippen molar-refractivity contribution in [2.24, 2.45) is 5.92 Å². The van der Waals surface area contributed by atoms with E-state index in [-0.39, 0.29) is 18.9 Å². The van der Waals surface area contributed by atoms with Crippen molar-refractivity contribution < 1.29 is 33.0 Å². The second kappa shape index (κ2) is 9.40. The van der Waals surface area contributed by atoms with Gasteiger partial charge in [-0.05, 0) is 47.4 Å². The predicted molar refractivity (Wildman–Crippen MR) is 120 cm³/mol. The number of halogens is 2. The maximum atomic E-state index is 15.0. The molecule has 2 aromatic carbocycles.